The van der Waals surface area contributed by atoms with Gasteiger partial charge in [-0.25, -0.2) is 15.0 Å². The number of fused-ring (bicyclic) bond motifs is 10. The molecule has 4 bridgehead atoms. The number of hydrogen-bond acceptors (Lipinski definition) is 3. The van der Waals surface area contributed by atoms with E-state index in [9.17, 15) is 0 Å². The number of para-hydroxylation sites is 4. The van der Waals surface area contributed by atoms with Crippen LogP contribution in [0.1, 0.15) is 104 Å². The van der Waals surface area contributed by atoms with E-state index in [0.29, 0.717) is 23.7 Å². The predicted molar refractivity (Wildman–Crippen MR) is 247 cm³/mol. The van der Waals surface area contributed by atoms with Gasteiger partial charge < -0.3 is 9.13 Å². The van der Waals surface area contributed by atoms with Crippen molar-refractivity contribution < 1.29 is 0 Å². The second kappa shape index (κ2) is 13.6. The van der Waals surface area contributed by atoms with Crippen molar-refractivity contribution in [2.24, 2.45) is 35.5 Å². The maximum Gasteiger partial charge on any atom is 0.165 e. The van der Waals surface area contributed by atoms with E-state index in [1.54, 1.807) is 0 Å². The third-order valence-electron chi connectivity index (χ3n) is 15.7. The third-order valence-corrected chi connectivity index (χ3v) is 15.7. The van der Waals surface area contributed by atoms with E-state index in [-0.39, 0.29) is 10.8 Å². The molecule has 4 aliphatic rings. The number of rotatable bonds is 5. The van der Waals surface area contributed by atoms with E-state index in [0.717, 1.165) is 40.6 Å². The van der Waals surface area contributed by atoms with Gasteiger partial charge in [-0.3, -0.25) is 0 Å². The molecule has 4 saturated carbocycles. The van der Waals surface area contributed by atoms with E-state index >= 15 is 0 Å². The molecule has 4 fully saturated rings. The van der Waals surface area contributed by atoms with Crippen molar-refractivity contribution in [1.29, 1.82) is 0 Å². The smallest absolute Gasteiger partial charge is 0.165 e. The summed E-state index contributed by atoms with van der Waals surface area (Å²) in [6.45, 7) is 9.95. The van der Waals surface area contributed by atoms with Crippen LogP contribution in [0.5, 0.6) is 0 Å². The van der Waals surface area contributed by atoms with Crippen molar-refractivity contribution >= 4 is 43.6 Å². The molecule has 0 spiro atoms. The second-order valence-corrected chi connectivity index (χ2v) is 20.6. The minimum Gasteiger partial charge on any atom is -0.309 e. The molecular weight excluding hydrogens is 731 g/mol. The van der Waals surface area contributed by atoms with Crippen molar-refractivity contribution in [2.45, 2.75) is 103 Å². The number of benzene rings is 5. The van der Waals surface area contributed by atoms with Crippen LogP contribution in [-0.2, 0) is 10.8 Å². The van der Waals surface area contributed by atoms with Gasteiger partial charge in [0, 0.05) is 43.6 Å². The zero-order valence-corrected chi connectivity index (χ0v) is 35.7. The van der Waals surface area contributed by atoms with Crippen molar-refractivity contribution in [1.82, 2.24) is 24.1 Å². The quantitative estimate of drug-likeness (QED) is 0.175. The van der Waals surface area contributed by atoms with Crippen LogP contribution in [0.4, 0.5) is 0 Å². The monoisotopic (exact) mass is 787 g/mol. The van der Waals surface area contributed by atoms with Gasteiger partial charge in [0.25, 0.3) is 0 Å². The molecule has 12 rings (SSSR count). The lowest BCUT2D eigenvalue weighted by Crippen LogP contribution is -2.46. The van der Waals surface area contributed by atoms with E-state index in [2.05, 4.69) is 152 Å². The summed E-state index contributed by atoms with van der Waals surface area (Å²) in [5, 5.41) is 5.06. The van der Waals surface area contributed by atoms with Crippen molar-refractivity contribution in [3.05, 3.63) is 127 Å². The van der Waals surface area contributed by atoms with E-state index in [1.807, 2.05) is 0 Å². The lowest BCUT2D eigenvalue weighted by molar-refractivity contribution is 0.0635. The average Bonchev–Trinajstić information content (AvgIpc) is 3.74. The Balaban J connectivity index is 1.12. The Morgan fingerprint density at radius 2 is 0.900 bits per heavy atom. The molecule has 3 heterocycles. The van der Waals surface area contributed by atoms with Crippen LogP contribution < -0.4 is 0 Å². The molecule has 5 nitrogen and oxygen atoms in total. The summed E-state index contributed by atoms with van der Waals surface area (Å²) >= 11 is 0. The molecular formula is C55H57N5. The van der Waals surface area contributed by atoms with Crippen molar-refractivity contribution in [3.8, 4) is 22.8 Å². The molecule has 5 aromatic carbocycles. The van der Waals surface area contributed by atoms with Crippen molar-refractivity contribution in [3.63, 3.8) is 0 Å². The molecule has 0 aliphatic heterocycles. The van der Waals surface area contributed by atoms with Crippen LogP contribution in [0, 0.1) is 35.5 Å². The molecule has 4 aliphatic carbocycles. The summed E-state index contributed by atoms with van der Waals surface area (Å²) in [5.74, 6) is 7.28. The third kappa shape index (κ3) is 5.67. The first kappa shape index (κ1) is 36.6. The fourth-order valence-corrected chi connectivity index (χ4v) is 14.3. The highest BCUT2D eigenvalue weighted by Gasteiger charge is 2.51. The summed E-state index contributed by atoms with van der Waals surface area (Å²) in [7, 11) is 0. The molecule has 302 valence electrons. The minimum absolute atomic E-state index is 0.00128. The summed E-state index contributed by atoms with van der Waals surface area (Å²) in [6, 6.07) is 42.5. The summed E-state index contributed by atoms with van der Waals surface area (Å²) < 4.78 is 4.95. The standard InChI is InChI=1S/C55H57N5/c1-34-22-38-23-35(2)29-54(28-34,32-38)52-56-51(57-53(58-52)55-30-36(3)24-39(33-55)25-37(4)31-55)43-18-10-13-21-48(43)60-47-20-12-9-17-42(47)45-26-44-41-16-8-11-19-46(41)59(49(44)27-50(45)60)40-14-6-5-7-15-40/h5-21,26-27,34-39H,22-25,28-33H2,1-4H3/t34-,35+,36-,37+,38?,39?,54?,55?. The lowest BCUT2D eigenvalue weighted by atomic mass is 9.55. The van der Waals surface area contributed by atoms with Gasteiger partial charge in [0.15, 0.2) is 5.82 Å². The largest absolute Gasteiger partial charge is 0.309 e. The maximum absolute atomic E-state index is 5.82. The van der Waals surface area contributed by atoms with Crippen LogP contribution >= 0.6 is 0 Å². The summed E-state index contributed by atoms with van der Waals surface area (Å²) in [5.41, 5.74) is 8.21. The highest BCUT2D eigenvalue weighted by atomic mass is 15.1. The Kier molecular flexibility index (Phi) is 8.29. The van der Waals surface area contributed by atoms with Crippen LogP contribution in [0.3, 0.4) is 0 Å². The van der Waals surface area contributed by atoms with E-state index in [4.69, 9.17) is 15.0 Å². The maximum atomic E-state index is 5.82. The van der Waals surface area contributed by atoms with Gasteiger partial charge in [0.1, 0.15) is 11.6 Å². The Bertz CT molecular complexity index is 2850. The van der Waals surface area contributed by atoms with Crippen LogP contribution in [0.25, 0.3) is 66.4 Å². The number of hydrogen-bond donors (Lipinski definition) is 0. The Labute approximate surface area is 354 Å². The number of aromatic nitrogens is 5. The van der Waals surface area contributed by atoms with Gasteiger partial charge in [-0.05, 0) is 148 Å². The Hall–Kier alpha value is -5.29. The normalized spacial score (nSPS) is 29.1. The second-order valence-electron chi connectivity index (χ2n) is 20.6. The zero-order chi connectivity index (χ0) is 40.3. The highest BCUT2D eigenvalue weighted by molar-refractivity contribution is 6.19. The van der Waals surface area contributed by atoms with Crippen molar-refractivity contribution in [2.75, 3.05) is 0 Å². The molecule has 3 aromatic heterocycles. The molecule has 5 heteroatoms. The van der Waals surface area contributed by atoms with Gasteiger partial charge in [-0.1, -0.05) is 94.4 Å². The SMILES string of the molecule is C[C@@H]1CC2C[C@H](C)CC(c3nc(-c4ccccc4-n4c5ccccc5c5cc6c7ccccc7n(-c7ccccc7)c6cc54)nc(C45CC(C[C@@H](C)C4)C[C@H](C)C5)n3)(C2)C1. The fraction of sp³-hybridized carbons (Fsp3) is 0.400. The first-order chi connectivity index (χ1) is 29.2. The molecule has 8 atom stereocenters. The molecule has 0 amide bonds. The summed E-state index contributed by atoms with van der Waals surface area (Å²) in [4.78, 5) is 17.4. The molecule has 0 N–H and O–H groups in total. The molecule has 0 radical (unpaired) electrons. The van der Waals surface area contributed by atoms with Crippen LogP contribution in [-0.4, -0.2) is 24.1 Å². The number of nitrogens with zero attached hydrogens (tertiary/aromatic N) is 5. The molecule has 4 unspecified atom stereocenters. The van der Waals surface area contributed by atoms with Gasteiger partial charge in [-0.15, -0.1) is 0 Å². The first-order valence-electron chi connectivity index (χ1n) is 23.1. The van der Waals surface area contributed by atoms with Gasteiger partial charge in [0.2, 0.25) is 0 Å². The van der Waals surface area contributed by atoms with Gasteiger partial charge in [0.05, 0.1) is 27.8 Å². The minimum atomic E-state index is 0.00128. The van der Waals surface area contributed by atoms with Crippen LogP contribution in [0.15, 0.2) is 115 Å². The summed E-state index contributed by atoms with van der Waals surface area (Å²) in [6.07, 6.45) is 12.5. The zero-order valence-electron chi connectivity index (χ0n) is 35.7. The Morgan fingerprint density at radius 1 is 0.433 bits per heavy atom. The predicted octanol–water partition coefficient (Wildman–Crippen LogP) is 13.9. The van der Waals surface area contributed by atoms with Gasteiger partial charge >= 0.3 is 0 Å². The van der Waals surface area contributed by atoms with E-state index < -0.39 is 0 Å². The first-order valence-corrected chi connectivity index (χ1v) is 23.1. The van der Waals surface area contributed by atoms with Crippen LogP contribution in [0.2, 0.25) is 0 Å². The highest BCUT2D eigenvalue weighted by Crippen LogP contribution is 2.56. The fourth-order valence-electron chi connectivity index (χ4n) is 14.3. The molecule has 60 heavy (non-hydrogen) atoms. The van der Waals surface area contributed by atoms with E-state index in [1.165, 1.54) is 114 Å². The lowest BCUT2D eigenvalue weighted by Gasteiger charge is -2.50. The Morgan fingerprint density at radius 3 is 1.47 bits per heavy atom. The molecule has 8 aromatic rings. The average molecular weight is 788 g/mol. The van der Waals surface area contributed by atoms with Gasteiger partial charge in [-0.2, -0.15) is 0 Å². The topological polar surface area (TPSA) is 48.5 Å². The molecule has 0 saturated heterocycles.